The third-order valence-electron chi connectivity index (χ3n) is 2.71. The first-order valence-corrected chi connectivity index (χ1v) is 7.48. The largest absolute Gasteiger partial charge is 0.431 e. The molecule has 0 aliphatic carbocycles. The van der Waals surface area contributed by atoms with Crippen LogP contribution in [0.2, 0.25) is 10.0 Å². The predicted molar refractivity (Wildman–Crippen MR) is 84.6 cm³/mol. The second kappa shape index (κ2) is 6.25. The third-order valence-corrected chi connectivity index (χ3v) is 5.11. The van der Waals surface area contributed by atoms with Gasteiger partial charge in [0.15, 0.2) is 0 Å². The number of halogens is 6. The molecule has 2 aromatic rings. The lowest BCUT2D eigenvalue weighted by atomic mass is 10.2. The summed E-state index contributed by atoms with van der Waals surface area (Å²) in [5.74, 6) is 0. The molecule has 0 saturated carbocycles. The number of rotatable bonds is 2. The molecule has 0 radical (unpaired) electrons. The topological polar surface area (TPSA) is 54.9 Å². The maximum Gasteiger partial charge on any atom is 0.431 e. The molecule has 2 rings (SSSR count). The second-order valence-corrected chi connectivity index (χ2v) is 6.18. The van der Waals surface area contributed by atoms with E-state index >= 15 is 0 Å². The van der Waals surface area contributed by atoms with Crippen LogP contribution in [0.25, 0.3) is 0 Å². The van der Waals surface area contributed by atoms with Gasteiger partial charge in [-0.05, 0) is 40.3 Å². The number of hydrogen-bond acceptors (Lipinski definition) is 2. The lowest BCUT2D eigenvalue weighted by Crippen LogP contribution is -2.37. The summed E-state index contributed by atoms with van der Waals surface area (Å²) in [5, 5.41) is 0.638. The van der Waals surface area contributed by atoms with Crippen LogP contribution in [0, 0.1) is 3.57 Å². The highest BCUT2D eigenvalue weighted by molar-refractivity contribution is 14.1. The fourth-order valence-corrected chi connectivity index (χ4v) is 2.55. The van der Waals surface area contributed by atoms with E-state index in [4.69, 9.17) is 23.2 Å². The van der Waals surface area contributed by atoms with Crippen LogP contribution in [0.5, 0.6) is 0 Å². The van der Waals surface area contributed by atoms with E-state index in [2.05, 4.69) is 0 Å². The van der Waals surface area contributed by atoms with Crippen LogP contribution in [0.4, 0.5) is 13.2 Å². The Hall–Kier alpha value is -1.000. The Morgan fingerprint density at radius 2 is 1.68 bits per heavy atom. The van der Waals surface area contributed by atoms with Crippen molar-refractivity contribution in [2.24, 2.45) is 0 Å². The predicted octanol–water partition coefficient (Wildman–Crippen LogP) is 3.52. The van der Waals surface area contributed by atoms with Crippen molar-refractivity contribution < 1.29 is 13.2 Å². The molecule has 0 aliphatic rings. The molecule has 0 saturated heterocycles. The Balaban J connectivity index is 2.48. The highest BCUT2D eigenvalue weighted by Crippen LogP contribution is 2.28. The molecule has 0 atom stereocenters. The minimum absolute atomic E-state index is 0.247. The molecule has 4 nitrogen and oxygen atoms in total. The van der Waals surface area contributed by atoms with Crippen LogP contribution in [0.15, 0.2) is 27.8 Å². The van der Waals surface area contributed by atoms with E-state index in [1.165, 1.54) is 12.1 Å². The van der Waals surface area contributed by atoms with Crippen LogP contribution < -0.4 is 11.2 Å². The Labute approximate surface area is 145 Å². The van der Waals surface area contributed by atoms with E-state index in [0.29, 0.717) is 29.8 Å². The normalized spacial score (nSPS) is 11.7. The lowest BCUT2D eigenvalue weighted by molar-refractivity contribution is -0.141. The minimum atomic E-state index is -4.80. The summed E-state index contributed by atoms with van der Waals surface area (Å²) in [5.41, 5.74) is -3.20. The van der Waals surface area contributed by atoms with E-state index in [1.54, 1.807) is 4.98 Å². The summed E-state index contributed by atoms with van der Waals surface area (Å²) < 4.78 is 38.7. The van der Waals surface area contributed by atoms with Gasteiger partial charge >= 0.3 is 11.9 Å². The average molecular weight is 465 g/mol. The van der Waals surface area contributed by atoms with Gasteiger partial charge in [0.25, 0.3) is 5.56 Å². The second-order valence-electron chi connectivity index (χ2n) is 4.28. The zero-order valence-electron chi connectivity index (χ0n) is 10.5. The van der Waals surface area contributed by atoms with Gasteiger partial charge in [0.05, 0.1) is 20.2 Å². The zero-order chi connectivity index (χ0) is 16.7. The van der Waals surface area contributed by atoms with E-state index in [-0.39, 0.29) is 6.54 Å². The minimum Gasteiger partial charge on any atom is -0.303 e. The number of alkyl halides is 3. The Morgan fingerprint density at radius 3 is 2.14 bits per heavy atom. The fourth-order valence-electron chi connectivity index (χ4n) is 1.70. The summed E-state index contributed by atoms with van der Waals surface area (Å²) in [6.07, 6.45) is -4.80. The highest BCUT2D eigenvalue weighted by Gasteiger charge is 2.32. The summed E-state index contributed by atoms with van der Waals surface area (Å²) >= 11 is 13.8. The molecule has 0 unspecified atom stereocenters. The van der Waals surface area contributed by atoms with Crippen LogP contribution >= 0.6 is 45.8 Å². The van der Waals surface area contributed by atoms with Gasteiger partial charge < -0.3 is 4.98 Å². The van der Waals surface area contributed by atoms with Crippen molar-refractivity contribution in [3.05, 3.63) is 63.9 Å². The van der Waals surface area contributed by atoms with Gasteiger partial charge in [-0.3, -0.25) is 9.36 Å². The Morgan fingerprint density at radius 1 is 1.14 bits per heavy atom. The molecule has 0 amide bonds. The molecule has 1 aromatic heterocycles. The van der Waals surface area contributed by atoms with Crippen LogP contribution in [-0.4, -0.2) is 9.55 Å². The highest BCUT2D eigenvalue weighted by atomic mass is 127. The number of nitrogens with zero attached hydrogens (tertiary/aromatic N) is 1. The number of hydrogen-bond donors (Lipinski definition) is 1. The quantitative estimate of drug-likeness (QED) is 0.546. The van der Waals surface area contributed by atoms with Gasteiger partial charge in [-0.1, -0.05) is 23.2 Å². The number of aromatic nitrogens is 2. The molecule has 0 spiro atoms. The third kappa shape index (κ3) is 3.66. The SMILES string of the molecule is O=c1cc(C(F)(F)F)[nH]c(=O)n1Cc1cc(Cl)c(I)c(Cl)c1. The Bertz CT molecular complexity index is 791. The Kier molecular flexibility index (Phi) is 4.93. The molecular weight excluding hydrogens is 459 g/mol. The van der Waals surface area contributed by atoms with Gasteiger partial charge in [0.1, 0.15) is 5.69 Å². The molecule has 22 heavy (non-hydrogen) atoms. The van der Waals surface area contributed by atoms with Crippen molar-refractivity contribution in [3.8, 4) is 0 Å². The molecule has 0 bridgehead atoms. The summed E-state index contributed by atoms with van der Waals surface area (Å²) in [4.78, 5) is 25.0. The molecule has 1 N–H and O–H groups in total. The number of H-pyrrole nitrogens is 1. The molecule has 118 valence electrons. The lowest BCUT2D eigenvalue weighted by Gasteiger charge is -2.10. The molecule has 0 fully saturated rings. The van der Waals surface area contributed by atoms with Crippen LogP contribution in [-0.2, 0) is 12.7 Å². The maximum atomic E-state index is 12.5. The standard InChI is InChI=1S/C12H6Cl2F3IN2O2/c13-6-1-5(2-7(14)10(6)18)4-20-9(21)3-8(12(15,16)17)19-11(20)22/h1-3H,4H2,(H,19,22). The zero-order valence-corrected chi connectivity index (χ0v) is 14.1. The van der Waals surface area contributed by atoms with E-state index < -0.39 is 23.1 Å². The number of aromatic amines is 1. The maximum absolute atomic E-state index is 12.5. The first-order valence-electron chi connectivity index (χ1n) is 5.64. The van der Waals surface area contributed by atoms with Crippen molar-refractivity contribution in [2.75, 3.05) is 0 Å². The molecule has 1 heterocycles. The fraction of sp³-hybridized carbons (Fsp3) is 0.167. The van der Waals surface area contributed by atoms with Crippen LogP contribution in [0.3, 0.4) is 0 Å². The van der Waals surface area contributed by atoms with Gasteiger partial charge in [-0.25, -0.2) is 4.79 Å². The molecular formula is C12H6Cl2F3IN2O2. The summed E-state index contributed by atoms with van der Waals surface area (Å²) in [7, 11) is 0. The van der Waals surface area contributed by atoms with E-state index in [1.807, 2.05) is 22.6 Å². The van der Waals surface area contributed by atoms with Crippen molar-refractivity contribution >= 4 is 45.8 Å². The average Bonchev–Trinajstić information content (AvgIpc) is 2.38. The van der Waals surface area contributed by atoms with Crippen LogP contribution in [0.1, 0.15) is 11.3 Å². The number of benzene rings is 1. The van der Waals surface area contributed by atoms with Crippen molar-refractivity contribution in [1.29, 1.82) is 0 Å². The molecule has 10 heteroatoms. The summed E-state index contributed by atoms with van der Waals surface area (Å²) in [6, 6.07) is 3.30. The van der Waals surface area contributed by atoms with Gasteiger partial charge in [-0.15, -0.1) is 0 Å². The van der Waals surface area contributed by atoms with Gasteiger partial charge in [0, 0.05) is 6.07 Å². The smallest absolute Gasteiger partial charge is 0.303 e. The first-order chi connectivity index (χ1) is 10.1. The first kappa shape index (κ1) is 17.4. The van der Waals surface area contributed by atoms with E-state index in [9.17, 15) is 22.8 Å². The van der Waals surface area contributed by atoms with Crippen molar-refractivity contribution in [1.82, 2.24) is 9.55 Å². The molecule has 0 aliphatic heterocycles. The van der Waals surface area contributed by atoms with Crippen molar-refractivity contribution in [2.45, 2.75) is 12.7 Å². The monoisotopic (exact) mass is 464 g/mol. The van der Waals surface area contributed by atoms with Gasteiger partial charge in [0.2, 0.25) is 0 Å². The van der Waals surface area contributed by atoms with Crippen molar-refractivity contribution in [3.63, 3.8) is 0 Å². The number of nitrogens with one attached hydrogen (secondary N) is 1. The summed E-state index contributed by atoms with van der Waals surface area (Å²) in [6.45, 7) is -0.247. The van der Waals surface area contributed by atoms with Gasteiger partial charge in [-0.2, -0.15) is 13.2 Å². The molecule has 1 aromatic carbocycles. The van der Waals surface area contributed by atoms with E-state index in [0.717, 1.165) is 0 Å².